The number of hydrogen-bond donors (Lipinski definition) is 0. The van der Waals surface area contributed by atoms with Crippen molar-refractivity contribution in [3.05, 3.63) is 35.6 Å². The topological polar surface area (TPSA) is 38.8 Å². The maximum absolute atomic E-state index is 13.5. The van der Waals surface area contributed by atoms with E-state index in [-0.39, 0.29) is 17.8 Å². The van der Waals surface area contributed by atoms with Gasteiger partial charge in [0.1, 0.15) is 5.82 Å². The lowest BCUT2D eigenvalue weighted by Crippen LogP contribution is -2.46. The SMILES string of the molecule is COCC[C@H]1CN(C(=O)CCc2ccccc2F)CCO1. The third-order valence-corrected chi connectivity index (χ3v) is 3.70. The number of methoxy groups -OCH3 is 1. The van der Waals surface area contributed by atoms with E-state index in [1.165, 1.54) is 6.07 Å². The molecule has 1 aliphatic rings. The Labute approximate surface area is 124 Å². The minimum atomic E-state index is -0.245. The van der Waals surface area contributed by atoms with Crippen molar-refractivity contribution in [2.45, 2.75) is 25.4 Å². The number of benzene rings is 1. The summed E-state index contributed by atoms with van der Waals surface area (Å²) in [6.07, 6.45) is 1.59. The van der Waals surface area contributed by atoms with Crippen LogP contribution in [0.3, 0.4) is 0 Å². The maximum Gasteiger partial charge on any atom is 0.223 e. The summed E-state index contributed by atoms with van der Waals surface area (Å²) in [7, 11) is 1.65. The summed E-state index contributed by atoms with van der Waals surface area (Å²) in [5, 5.41) is 0. The third-order valence-electron chi connectivity index (χ3n) is 3.70. The van der Waals surface area contributed by atoms with Crippen molar-refractivity contribution in [2.75, 3.05) is 33.4 Å². The average Bonchev–Trinajstić information content (AvgIpc) is 2.52. The van der Waals surface area contributed by atoms with E-state index >= 15 is 0 Å². The van der Waals surface area contributed by atoms with Gasteiger partial charge in [-0.15, -0.1) is 0 Å². The predicted molar refractivity (Wildman–Crippen MR) is 77.5 cm³/mol. The van der Waals surface area contributed by atoms with Crippen LogP contribution in [-0.4, -0.2) is 50.3 Å². The molecule has 0 N–H and O–H groups in total. The highest BCUT2D eigenvalue weighted by molar-refractivity contribution is 5.76. The minimum absolute atomic E-state index is 0.0381. The molecule has 4 nitrogen and oxygen atoms in total. The van der Waals surface area contributed by atoms with Crippen molar-refractivity contribution in [1.29, 1.82) is 0 Å². The molecule has 0 unspecified atom stereocenters. The number of halogens is 1. The Morgan fingerprint density at radius 1 is 1.48 bits per heavy atom. The number of aryl methyl sites for hydroxylation is 1. The van der Waals surface area contributed by atoms with Crippen LogP contribution in [0.1, 0.15) is 18.4 Å². The molecule has 0 bridgehead atoms. The quantitative estimate of drug-likeness (QED) is 0.806. The van der Waals surface area contributed by atoms with Crippen LogP contribution in [0.2, 0.25) is 0 Å². The number of carbonyl (C=O) groups excluding carboxylic acids is 1. The molecular formula is C16H22FNO3. The van der Waals surface area contributed by atoms with Crippen LogP contribution >= 0.6 is 0 Å². The molecule has 0 aromatic heterocycles. The zero-order valence-electron chi connectivity index (χ0n) is 12.4. The zero-order valence-corrected chi connectivity index (χ0v) is 12.4. The summed E-state index contributed by atoms with van der Waals surface area (Å²) < 4.78 is 24.2. The van der Waals surface area contributed by atoms with Crippen LogP contribution in [0.15, 0.2) is 24.3 Å². The lowest BCUT2D eigenvalue weighted by molar-refractivity contribution is -0.139. The van der Waals surface area contributed by atoms with Crippen molar-refractivity contribution >= 4 is 5.91 Å². The van der Waals surface area contributed by atoms with E-state index < -0.39 is 0 Å². The Hall–Kier alpha value is -1.46. The highest BCUT2D eigenvalue weighted by Gasteiger charge is 2.23. The molecule has 1 atom stereocenters. The smallest absolute Gasteiger partial charge is 0.223 e. The average molecular weight is 295 g/mol. The van der Waals surface area contributed by atoms with Gasteiger partial charge in [-0.3, -0.25) is 4.79 Å². The fourth-order valence-corrected chi connectivity index (χ4v) is 2.47. The van der Waals surface area contributed by atoms with E-state index in [1.54, 1.807) is 25.3 Å². The third kappa shape index (κ3) is 4.79. The molecule has 1 heterocycles. The molecule has 0 radical (unpaired) electrons. The number of morpholine rings is 1. The van der Waals surface area contributed by atoms with Crippen molar-refractivity contribution in [2.24, 2.45) is 0 Å². The Balaban J connectivity index is 1.81. The van der Waals surface area contributed by atoms with Crippen LogP contribution in [0.5, 0.6) is 0 Å². The minimum Gasteiger partial charge on any atom is -0.385 e. The van der Waals surface area contributed by atoms with Gasteiger partial charge in [-0.25, -0.2) is 4.39 Å². The van der Waals surface area contributed by atoms with Crippen LogP contribution in [0.4, 0.5) is 4.39 Å². The number of nitrogens with zero attached hydrogens (tertiary/aromatic N) is 1. The predicted octanol–water partition coefficient (Wildman–Crippen LogP) is 2.02. The van der Waals surface area contributed by atoms with Gasteiger partial charge >= 0.3 is 0 Å². The fourth-order valence-electron chi connectivity index (χ4n) is 2.47. The van der Waals surface area contributed by atoms with Gasteiger partial charge in [-0.2, -0.15) is 0 Å². The van der Waals surface area contributed by atoms with E-state index in [2.05, 4.69) is 0 Å². The van der Waals surface area contributed by atoms with Gasteiger partial charge in [0, 0.05) is 33.2 Å². The molecule has 2 rings (SSSR count). The molecule has 0 spiro atoms. The summed E-state index contributed by atoms with van der Waals surface area (Å²) in [6.45, 7) is 2.39. The first-order valence-corrected chi connectivity index (χ1v) is 7.32. The normalized spacial score (nSPS) is 18.8. The largest absolute Gasteiger partial charge is 0.385 e. The van der Waals surface area contributed by atoms with E-state index in [0.717, 1.165) is 6.42 Å². The Morgan fingerprint density at radius 3 is 3.05 bits per heavy atom. The monoisotopic (exact) mass is 295 g/mol. The summed E-state index contributed by atoms with van der Waals surface area (Å²) in [4.78, 5) is 14.0. The lowest BCUT2D eigenvalue weighted by atomic mass is 10.1. The van der Waals surface area contributed by atoms with Gasteiger partial charge in [-0.05, 0) is 24.5 Å². The molecule has 116 valence electrons. The highest BCUT2D eigenvalue weighted by Crippen LogP contribution is 2.13. The van der Waals surface area contributed by atoms with Crippen LogP contribution in [0, 0.1) is 5.82 Å². The van der Waals surface area contributed by atoms with Gasteiger partial charge in [0.15, 0.2) is 0 Å². The number of rotatable bonds is 6. The van der Waals surface area contributed by atoms with Gasteiger partial charge < -0.3 is 14.4 Å². The van der Waals surface area contributed by atoms with Crippen LogP contribution in [0.25, 0.3) is 0 Å². The zero-order chi connectivity index (χ0) is 15.1. The van der Waals surface area contributed by atoms with E-state index in [4.69, 9.17) is 9.47 Å². The number of hydrogen-bond acceptors (Lipinski definition) is 3. The number of carbonyl (C=O) groups is 1. The molecule has 1 aromatic carbocycles. The molecule has 5 heteroatoms. The Bertz CT molecular complexity index is 467. The number of amides is 1. The first-order chi connectivity index (χ1) is 10.2. The second kappa shape index (κ2) is 8.10. The Morgan fingerprint density at radius 2 is 2.29 bits per heavy atom. The van der Waals surface area contributed by atoms with Crippen molar-refractivity contribution < 1.29 is 18.7 Å². The second-order valence-corrected chi connectivity index (χ2v) is 5.21. The molecule has 1 fully saturated rings. The standard InChI is InChI=1S/C16H22FNO3/c1-20-10-8-14-12-18(9-11-21-14)16(19)7-6-13-4-2-3-5-15(13)17/h2-5,14H,6-12H2,1H3/t14-/m0/s1. The molecule has 21 heavy (non-hydrogen) atoms. The van der Waals surface area contributed by atoms with Crippen molar-refractivity contribution in [3.8, 4) is 0 Å². The van der Waals surface area contributed by atoms with Crippen molar-refractivity contribution in [3.63, 3.8) is 0 Å². The second-order valence-electron chi connectivity index (χ2n) is 5.21. The molecule has 0 saturated carbocycles. The molecular weight excluding hydrogens is 273 g/mol. The molecule has 1 aromatic rings. The fraction of sp³-hybridized carbons (Fsp3) is 0.562. The van der Waals surface area contributed by atoms with E-state index in [0.29, 0.717) is 44.7 Å². The van der Waals surface area contributed by atoms with E-state index in [1.807, 2.05) is 4.90 Å². The molecule has 1 amide bonds. The van der Waals surface area contributed by atoms with Gasteiger partial charge in [0.05, 0.1) is 12.7 Å². The van der Waals surface area contributed by atoms with Gasteiger partial charge in [-0.1, -0.05) is 18.2 Å². The first-order valence-electron chi connectivity index (χ1n) is 7.32. The van der Waals surface area contributed by atoms with E-state index in [9.17, 15) is 9.18 Å². The first kappa shape index (κ1) is 15.9. The van der Waals surface area contributed by atoms with Gasteiger partial charge in [0.2, 0.25) is 5.91 Å². The van der Waals surface area contributed by atoms with Crippen LogP contribution in [-0.2, 0) is 20.7 Å². The summed E-state index contributed by atoms with van der Waals surface area (Å²) in [5.74, 6) is -0.186. The summed E-state index contributed by atoms with van der Waals surface area (Å²) in [5.41, 5.74) is 0.593. The maximum atomic E-state index is 13.5. The van der Waals surface area contributed by atoms with Crippen LogP contribution < -0.4 is 0 Å². The number of ether oxygens (including phenoxy) is 2. The molecule has 1 aliphatic heterocycles. The van der Waals surface area contributed by atoms with Crippen molar-refractivity contribution in [1.82, 2.24) is 4.90 Å². The molecule has 1 saturated heterocycles. The summed E-state index contributed by atoms with van der Waals surface area (Å²) >= 11 is 0. The van der Waals surface area contributed by atoms with Gasteiger partial charge in [0.25, 0.3) is 0 Å². The lowest BCUT2D eigenvalue weighted by Gasteiger charge is -2.33. The highest BCUT2D eigenvalue weighted by atomic mass is 19.1. The Kier molecular flexibility index (Phi) is 6.14. The molecule has 0 aliphatic carbocycles. The summed E-state index contributed by atoms with van der Waals surface area (Å²) in [6, 6.07) is 6.60.